The maximum absolute atomic E-state index is 5.55. The smallest absolute Gasteiger partial charge is 0.157 e. The predicted molar refractivity (Wildman–Crippen MR) is 55.0 cm³/mol. The van der Waals surface area contributed by atoms with Gasteiger partial charge in [-0.2, -0.15) is 0 Å². The van der Waals surface area contributed by atoms with Gasteiger partial charge in [-0.15, -0.1) is 11.3 Å². The van der Waals surface area contributed by atoms with E-state index >= 15 is 0 Å². The van der Waals surface area contributed by atoms with Gasteiger partial charge in [0.2, 0.25) is 0 Å². The molecule has 0 aliphatic carbocycles. The third-order valence-electron chi connectivity index (χ3n) is 1.19. The van der Waals surface area contributed by atoms with Gasteiger partial charge in [0.1, 0.15) is 5.00 Å². The van der Waals surface area contributed by atoms with Gasteiger partial charge in [-0.1, -0.05) is 17.4 Å². The Hall–Kier alpha value is -0.520. The Kier molecular flexibility index (Phi) is 2.34. The fourth-order valence-corrected chi connectivity index (χ4v) is 3.49. The topological polar surface area (TPSA) is 38.9 Å². The van der Waals surface area contributed by atoms with Gasteiger partial charge < -0.3 is 5.73 Å². The lowest BCUT2D eigenvalue weighted by Gasteiger charge is -1.88. The monoisotopic (exact) mass is 214 g/mol. The molecule has 2 rings (SSSR count). The summed E-state index contributed by atoms with van der Waals surface area (Å²) in [6.07, 6.45) is 1.70. The van der Waals surface area contributed by atoms with E-state index in [1.54, 1.807) is 29.3 Å². The van der Waals surface area contributed by atoms with Crippen LogP contribution in [0.3, 0.4) is 0 Å². The molecule has 0 amide bonds. The summed E-state index contributed by atoms with van der Waals surface area (Å²) in [6.45, 7) is 0. The van der Waals surface area contributed by atoms with Crippen molar-refractivity contribution in [2.24, 2.45) is 0 Å². The van der Waals surface area contributed by atoms with Gasteiger partial charge >= 0.3 is 0 Å². The van der Waals surface area contributed by atoms with Crippen molar-refractivity contribution in [2.75, 3.05) is 5.73 Å². The zero-order valence-electron chi connectivity index (χ0n) is 6.06. The fourth-order valence-electron chi connectivity index (χ4n) is 0.725. The Morgan fingerprint density at radius 2 is 2.42 bits per heavy atom. The van der Waals surface area contributed by atoms with Crippen molar-refractivity contribution in [3.8, 4) is 0 Å². The molecule has 5 heteroatoms. The highest BCUT2D eigenvalue weighted by atomic mass is 32.2. The number of rotatable bonds is 2. The van der Waals surface area contributed by atoms with Gasteiger partial charge in [-0.25, -0.2) is 4.98 Å². The predicted octanol–water partition coefficient (Wildman–Crippen LogP) is 2.94. The largest absolute Gasteiger partial charge is 0.389 e. The molecular weight excluding hydrogens is 208 g/mol. The normalized spacial score (nSPS) is 10.3. The zero-order chi connectivity index (χ0) is 8.39. The van der Waals surface area contributed by atoms with Crippen LogP contribution in [0.2, 0.25) is 0 Å². The molecule has 0 aliphatic rings. The highest BCUT2D eigenvalue weighted by molar-refractivity contribution is 8.02. The molecule has 0 bridgehead atoms. The van der Waals surface area contributed by atoms with Crippen LogP contribution in [0, 0.1) is 0 Å². The fraction of sp³-hybridized carbons (Fsp3) is 0. The Labute approximate surface area is 82.5 Å². The van der Waals surface area contributed by atoms with Crippen LogP contribution in [0.15, 0.2) is 32.3 Å². The number of thiophene rings is 1. The van der Waals surface area contributed by atoms with Gasteiger partial charge in [0.25, 0.3) is 0 Å². The summed E-state index contributed by atoms with van der Waals surface area (Å²) >= 11 is 4.90. The number of hydrogen-bond donors (Lipinski definition) is 1. The molecular formula is C7H6N2S3. The van der Waals surface area contributed by atoms with Crippen molar-refractivity contribution in [1.29, 1.82) is 0 Å². The van der Waals surface area contributed by atoms with E-state index < -0.39 is 0 Å². The van der Waals surface area contributed by atoms with Crippen LogP contribution in [0.4, 0.5) is 5.00 Å². The van der Waals surface area contributed by atoms with Crippen LogP contribution in [-0.4, -0.2) is 4.98 Å². The van der Waals surface area contributed by atoms with E-state index in [2.05, 4.69) is 16.4 Å². The van der Waals surface area contributed by atoms with Crippen molar-refractivity contribution >= 4 is 39.4 Å². The molecule has 2 N–H and O–H groups in total. The second-order valence-electron chi connectivity index (χ2n) is 2.06. The number of aromatic nitrogens is 1. The molecule has 62 valence electrons. The van der Waals surface area contributed by atoms with E-state index in [0.717, 1.165) is 9.34 Å². The second kappa shape index (κ2) is 3.47. The molecule has 0 spiro atoms. The number of nitrogens with two attached hydrogens (primary N) is 1. The number of nitrogens with zero attached hydrogens (tertiary/aromatic N) is 1. The molecule has 2 heterocycles. The van der Waals surface area contributed by atoms with Crippen LogP contribution < -0.4 is 5.73 Å². The number of thiazole rings is 1. The van der Waals surface area contributed by atoms with Crippen molar-refractivity contribution in [3.05, 3.63) is 23.7 Å². The maximum Gasteiger partial charge on any atom is 0.157 e. The van der Waals surface area contributed by atoms with Gasteiger partial charge in [0, 0.05) is 0 Å². The molecule has 2 aromatic rings. The van der Waals surface area contributed by atoms with Crippen molar-refractivity contribution < 1.29 is 0 Å². The highest BCUT2D eigenvalue weighted by Crippen LogP contribution is 2.34. The van der Waals surface area contributed by atoms with Crippen molar-refractivity contribution in [2.45, 2.75) is 8.55 Å². The lowest BCUT2D eigenvalue weighted by Crippen LogP contribution is -1.73. The first-order valence-electron chi connectivity index (χ1n) is 3.27. The average molecular weight is 214 g/mol. The lowest BCUT2D eigenvalue weighted by molar-refractivity contribution is 1.25. The van der Waals surface area contributed by atoms with E-state index in [0.29, 0.717) is 0 Å². The molecule has 0 saturated heterocycles. The molecule has 12 heavy (non-hydrogen) atoms. The summed E-state index contributed by atoms with van der Waals surface area (Å²) in [7, 11) is 0. The van der Waals surface area contributed by atoms with E-state index in [-0.39, 0.29) is 0 Å². The molecule has 2 aromatic heterocycles. The van der Waals surface area contributed by atoms with Crippen molar-refractivity contribution in [1.82, 2.24) is 4.98 Å². The minimum absolute atomic E-state index is 0.772. The Balaban J connectivity index is 2.14. The quantitative estimate of drug-likeness (QED) is 0.835. The van der Waals surface area contributed by atoms with Gasteiger partial charge in [0.15, 0.2) is 4.34 Å². The maximum atomic E-state index is 5.55. The summed E-state index contributed by atoms with van der Waals surface area (Å²) in [5.41, 5.74) is 5.55. The van der Waals surface area contributed by atoms with Crippen LogP contribution in [-0.2, 0) is 0 Å². The summed E-state index contributed by atoms with van der Waals surface area (Å²) in [6, 6.07) is 4.11. The standard InChI is InChI=1S/C7H6N2S3/c8-5-4-9-7(11-5)12-6-2-1-3-10-6/h1-4H,8H2. The van der Waals surface area contributed by atoms with Gasteiger partial charge in [0.05, 0.1) is 10.4 Å². The van der Waals surface area contributed by atoms with Crippen LogP contribution in [0.25, 0.3) is 0 Å². The van der Waals surface area contributed by atoms with E-state index in [4.69, 9.17) is 5.73 Å². The summed E-state index contributed by atoms with van der Waals surface area (Å²) in [5, 5.41) is 2.83. The van der Waals surface area contributed by atoms with E-state index in [1.807, 2.05) is 6.07 Å². The summed E-state index contributed by atoms with van der Waals surface area (Å²) < 4.78 is 2.26. The van der Waals surface area contributed by atoms with Gasteiger partial charge in [-0.05, 0) is 23.2 Å². The third kappa shape index (κ3) is 1.80. The molecule has 0 saturated carbocycles. The molecule has 2 nitrogen and oxygen atoms in total. The summed E-state index contributed by atoms with van der Waals surface area (Å²) in [5.74, 6) is 0. The summed E-state index contributed by atoms with van der Waals surface area (Å²) in [4.78, 5) is 4.15. The number of nitrogen functional groups attached to an aromatic ring is 1. The van der Waals surface area contributed by atoms with Crippen LogP contribution in [0.1, 0.15) is 0 Å². The van der Waals surface area contributed by atoms with Crippen molar-refractivity contribution in [3.63, 3.8) is 0 Å². The Morgan fingerprint density at radius 1 is 1.50 bits per heavy atom. The number of hydrogen-bond acceptors (Lipinski definition) is 5. The minimum atomic E-state index is 0.772. The molecule has 0 aliphatic heterocycles. The SMILES string of the molecule is Nc1cnc(Sc2cccs2)s1. The number of anilines is 1. The first-order valence-corrected chi connectivity index (χ1v) is 5.78. The molecule has 0 aromatic carbocycles. The molecule has 0 atom stereocenters. The van der Waals surface area contributed by atoms with E-state index in [1.165, 1.54) is 15.5 Å². The first kappa shape index (κ1) is 8.10. The lowest BCUT2D eigenvalue weighted by atomic mass is 10.7. The van der Waals surface area contributed by atoms with Crippen LogP contribution in [0.5, 0.6) is 0 Å². The van der Waals surface area contributed by atoms with E-state index in [9.17, 15) is 0 Å². The Bertz CT molecular complexity index is 352. The second-order valence-corrected chi connectivity index (χ2v) is 5.62. The van der Waals surface area contributed by atoms with Crippen LogP contribution >= 0.6 is 34.4 Å². The van der Waals surface area contributed by atoms with Gasteiger partial charge in [-0.3, -0.25) is 0 Å². The molecule has 0 unspecified atom stereocenters. The highest BCUT2D eigenvalue weighted by Gasteiger charge is 2.01. The zero-order valence-corrected chi connectivity index (χ0v) is 8.51. The molecule has 0 fully saturated rings. The first-order chi connectivity index (χ1) is 5.84. The Morgan fingerprint density at radius 3 is 3.00 bits per heavy atom. The third-order valence-corrected chi connectivity index (χ3v) is 4.12. The molecule has 0 radical (unpaired) electrons. The average Bonchev–Trinajstić information content (AvgIpc) is 2.63. The minimum Gasteiger partial charge on any atom is -0.389 e.